The van der Waals surface area contributed by atoms with Gasteiger partial charge in [-0.3, -0.25) is 19.4 Å². The SMILES string of the molecule is COc1c(N2CCN(/N=C\c3c4c(O)c5c(O)c(C)c6c(c5c3O)/C(=N\O)[C@@](C)(O/C=C/[C@H](OC)[C@@H](C)[C@@H](OC(C)=O)[C@H](C)[C@H](O)[C@H](C)[C@@H](O)[C@@H](C)/C=C/C=C(/C)C(=O)N4)O6)C(C)C2)c(F)cc2c(=O)c(C)cn(C3CC3)c12. The van der Waals surface area contributed by atoms with Crippen LogP contribution in [-0.4, -0.2) is 134 Å². The molecule has 10 atom stereocenters. The molecule has 1 amide bonds. The fourth-order valence-electron chi connectivity index (χ4n) is 11.2. The molecule has 4 aromatic rings. The van der Waals surface area contributed by atoms with Gasteiger partial charge < -0.3 is 69.2 Å². The van der Waals surface area contributed by atoms with Crippen molar-refractivity contribution in [1.29, 1.82) is 0 Å². The van der Waals surface area contributed by atoms with E-state index >= 15 is 4.39 Å². The second kappa shape index (κ2) is 22.2. The molecule has 1 aromatic heterocycles. The molecule has 1 aliphatic carbocycles. The van der Waals surface area contributed by atoms with Gasteiger partial charge in [0.25, 0.3) is 11.7 Å². The number of allylic oxidation sites excluding steroid dienone is 2. The molecule has 0 spiro atoms. The number of hydrogen-bond donors (Lipinski definition) is 7. The molecule has 5 bridgehead atoms. The van der Waals surface area contributed by atoms with Crippen molar-refractivity contribution in [2.24, 2.45) is 33.9 Å². The minimum absolute atomic E-state index is 0.0397. The summed E-state index contributed by atoms with van der Waals surface area (Å²) in [7, 11) is 2.88. The van der Waals surface area contributed by atoms with Crippen molar-refractivity contribution >= 4 is 56.9 Å². The van der Waals surface area contributed by atoms with Crippen molar-refractivity contribution in [1.82, 2.24) is 9.58 Å². The van der Waals surface area contributed by atoms with Gasteiger partial charge in [0.2, 0.25) is 0 Å². The van der Waals surface area contributed by atoms with E-state index in [1.807, 2.05) is 16.4 Å². The lowest BCUT2D eigenvalue weighted by Crippen LogP contribution is -2.50. The van der Waals surface area contributed by atoms with E-state index < -0.39 is 94.9 Å². The van der Waals surface area contributed by atoms with Crippen molar-refractivity contribution in [3.63, 3.8) is 0 Å². The summed E-state index contributed by atoms with van der Waals surface area (Å²) in [5.74, 6) is -8.33. The average Bonchev–Trinajstić information content (AvgIpc) is 4.39. The number of hydrogen-bond acceptors (Lipinski definition) is 18. The monoisotopic (exact) mass is 1080 g/mol. The first-order valence-electron chi connectivity index (χ1n) is 26.1. The molecule has 7 N–H and O–H groups in total. The van der Waals surface area contributed by atoms with Crippen molar-refractivity contribution in [3.05, 3.63) is 86.7 Å². The van der Waals surface area contributed by atoms with Crippen LogP contribution in [0.1, 0.15) is 96.5 Å². The highest BCUT2D eigenvalue weighted by Gasteiger charge is 2.49. The van der Waals surface area contributed by atoms with E-state index in [9.17, 15) is 45.1 Å². The van der Waals surface area contributed by atoms with Gasteiger partial charge in [-0.2, -0.15) is 5.10 Å². The lowest BCUT2D eigenvalue weighted by Gasteiger charge is -2.40. The molecule has 0 radical (unpaired) electrons. The number of anilines is 2. The molecule has 2 fully saturated rings. The number of esters is 1. The molecule has 420 valence electrons. The van der Waals surface area contributed by atoms with Crippen LogP contribution < -0.4 is 25.1 Å². The number of pyridine rings is 1. The minimum atomic E-state index is -1.98. The van der Waals surface area contributed by atoms with E-state index in [0.29, 0.717) is 11.1 Å². The number of benzene rings is 3. The molecular weight excluding hydrogens is 1010 g/mol. The maximum atomic E-state index is 16.4. The van der Waals surface area contributed by atoms with Crippen LogP contribution in [0.15, 0.2) is 63.5 Å². The molecule has 9 rings (SSSR count). The van der Waals surface area contributed by atoms with Crippen molar-refractivity contribution in [2.45, 2.75) is 124 Å². The van der Waals surface area contributed by atoms with E-state index in [1.54, 1.807) is 58.0 Å². The van der Waals surface area contributed by atoms with E-state index in [-0.39, 0.29) is 98.1 Å². The van der Waals surface area contributed by atoms with Gasteiger partial charge in [0.15, 0.2) is 28.5 Å². The summed E-state index contributed by atoms with van der Waals surface area (Å²) in [4.78, 5) is 41.8. The number of phenols is 3. The van der Waals surface area contributed by atoms with Gasteiger partial charge in [0, 0.05) is 92.0 Å². The van der Waals surface area contributed by atoms with Crippen LogP contribution in [0.2, 0.25) is 0 Å². The highest BCUT2D eigenvalue weighted by atomic mass is 19.1. The first-order chi connectivity index (χ1) is 36.9. The summed E-state index contributed by atoms with van der Waals surface area (Å²) in [5, 5.41) is 83.2. The number of nitrogens with one attached hydrogen (secondary N) is 1. The van der Waals surface area contributed by atoms with E-state index in [4.69, 9.17) is 28.8 Å². The smallest absolute Gasteiger partial charge is 0.302 e. The zero-order valence-corrected chi connectivity index (χ0v) is 46.0. The summed E-state index contributed by atoms with van der Waals surface area (Å²) < 4.78 is 48.4. The maximum absolute atomic E-state index is 16.4. The highest BCUT2D eigenvalue weighted by molar-refractivity contribution is 6.25. The predicted octanol–water partition coefficient (Wildman–Crippen LogP) is 7.40. The van der Waals surface area contributed by atoms with Crippen LogP contribution in [0.25, 0.3) is 21.7 Å². The zero-order valence-electron chi connectivity index (χ0n) is 46.0. The second-order valence-corrected chi connectivity index (χ2v) is 21.4. The molecule has 21 heteroatoms. The minimum Gasteiger partial charge on any atom is -0.507 e. The molecule has 1 saturated carbocycles. The molecule has 4 aliphatic heterocycles. The van der Waals surface area contributed by atoms with Crippen LogP contribution in [0.3, 0.4) is 0 Å². The highest BCUT2D eigenvalue weighted by Crippen LogP contribution is 2.55. The zero-order chi connectivity index (χ0) is 57.0. The Kier molecular flexibility index (Phi) is 16.2. The Morgan fingerprint density at radius 2 is 1.65 bits per heavy atom. The number of aryl methyl sites for hydroxylation is 1. The Morgan fingerprint density at radius 1 is 0.949 bits per heavy atom. The number of methoxy groups -OCH3 is 2. The number of phenolic OH excluding ortho intramolecular Hbond substituents is 3. The van der Waals surface area contributed by atoms with Crippen molar-refractivity contribution in [2.75, 3.05) is 44.1 Å². The van der Waals surface area contributed by atoms with Gasteiger partial charge >= 0.3 is 5.97 Å². The third kappa shape index (κ3) is 10.2. The van der Waals surface area contributed by atoms with E-state index in [0.717, 1.165) is 12.8 Å². The number of ether oxygens (including phenoxy) is 5. The normalized spacial score (nSPS) is 29.4. The number of carbonyl (C=O) groups excluding carboxylic acids is 2. The Balaban J connectivity index is 1.23. The quantitative estimate of drug-likeness (QED) is 0.0237. The van der Waals surface area contributed by atoms with Gasteiger partial charge in [0.05, 0.1) is 83.6 Å². The van der Waals surface area contributed by atoms with Crippen LogP contribution in [0.4, 0.5) is 15.8 Å². The third-order valence-electron chi connectivity index (χ3n) is 15.9. The first kappa shape index (κ1) is 56.8. The number of rotatable bonds is 7. The number of piperazine rings is 1. The summed E-state index contributed by atoms with van der Waals surface area (Å²) in [6.07, 6.45) is 8.22. The summed E-state index contributed by atoms with van der Waals surface area (Å²) in [6, 6.07) is 0.987. The number of aliphatic hydroxyl groups is 2. The Hall–Kier alpha value is -7.36. The van der Waals surface area contributed by atoms with Gasteiger partial charge in [-0.05, 0) is 52.7 Å². The standard InChI is InChI=1S/C57H71FN6O14/c1-26-14-13-15-27(2)56(72)60-43-37(23-59-64-20-19-62(25-29(64)4)45-38(58)22-36-44(54(45)75-12)63(35-16-17-35)24-28(3)47(36)67)50(70)40-41(51(43)71)49(69)33(8)53-42(40)55(61-73)57(10,78-53)76-21-18-39(74-11)30(5)52(77-34(9)65)32(7)48(68)31(6)46(26)66/h13-15,18,21-24,26,29-32,35,39,46,48,52,66,68-71,73H,16-17,19-20,25H2,1-12H3,(H,60,72)/b14-13+,21-18+,27-15-,59-23-,61-55+/t26-,29?,30+,31+,32+,39-,46-,48+,52+,57-/m0/s1. The number of nitrogens with zero attached hydrogens (tertiary/aromatic N) is 5. The predicted molar refractivity (Wildman–Crippen MR) is 292 cm³/mol. The Morgan fingerprint density at radius 3 is 2.28 bits per heavy atom. The van der Waals surface area contributed by atoms with Gasteiger partial charge in [0.1, 0.15) is 29.0 Å². The number of oxime groups is 1. The van der Waals surface area contributed by atoms with Crippen LogP contribution in [0.5, 0.6) is 28.7 Å². The van der Waals surface area contributed by atoms with Crippen LogP contribution >= 0.6 is 0 Å². The molecule has 1 unspecified atom stereocenters. The topological polar surface area (TPSA) is 267 Å². The number of halogens is 1. The maximum Gasteiger partial charge on any atom is 0.302 e. The molecule has 5 aliphatic rings. The van der Waals surface area contributed by atoms with Gasteiger partial charge in [-0.15, -0.1) is 0 Å². The molecule has 5 heterocycles. The Bertz CT molecular complexity index is 3260. The Labute approximate surface area is 451 Å². The number of aliphatic hydroxyl groups excluding tert-OH is 2. The summed E-state index contributed by atoms with van der Waals surface area (Å²) in [6.45, 7) is 16.7. The largest absolute Gasteiger partial charge is 0.507 e. The fourth-order valence-corrected chi connectivity index (χ4v) is 11.2. The van der Waals surface area contributed by atoms with E-state index in [1.165, 1.54) is 72.6 Å². The second-order valence-electron chi connectivity index (χ2n) is 21.4. The molecule has 1 saturated heterocycles. The number of carbonyl (C=O) groups is 2. The lowest BCUT2D eigenvalue weighted by atomic mass is 9.78. The third-order valence-corrected chi connectivity index (χ3v) is 15.9. The number of hydrazone groups is 1. The van der Waals surface area contributed by atoms with Crippen molar-refractivity contribution in [3.8, 4) is 28.7 Å². The first-order valence-corrected chi connectivity index (χ1v) is 26.1. The van der Waals surface area contributed by atoms with Gasteiger partial charge in [-0.25, -0.2) is 4.39 Å². The average molecular weight is 1080 g/mol. The molecular formula is C57H71FN6O14. The van der Waals surface area contributed by atoms with E-state index in [2.05, 4.69) is 10.5 Å². The number of fused-ring (bicyclic) bond motifs is 15. The van der Waals surface area contributed by atoms with Gasteiger partial charge in [-0.1, -0.05) is 51.1 Å². The fraction of sp³-hybridized carbons (Fsp3) is 0.491. The summed E-state index contributed by atoms with van der Waals surface area (Å²) >= 11 is 0. The molecule has 78 heavy (non-hydrogen) atoms. The number of aromatic nitrogens is 1. The number of aromatic hydroxyl groups is 3. The molecule has 20 nitrogen and oxygen atoms in total. The lowest BCUT2D eigenvalue weighted by molar-refractivity contribution is -0.160. The van der Waals surface area contributed by atoms with Crippen LogP contribution in [0, 0.1) is 43.3 Å². The summed E-state index contributed by atoms with van der Waals surface area (Å²) in [5.41, 5.74) is 0.135. The van der Waals surface area contributed by atoms with Crippen LogP contribution in [-0.2, 0) is 23.8 Å². The number of amides is 1. The van der Waals surface area contributed by atoms with Crippen molar-refractivity contribution < 1.29 is 68.4 Å². The molecule has 3 aromatic carbocycles.